The lowest BCUT2D eigenvalue weighted by atomic mass is 10.1. The standard InChI is InChI=1S/C24H36N6O2/c1-6-25-22(30-12-10-21(17-30)28-23(31)32-24(3,4)5)27-15-19-8-7-9-20(14-19)16-29-13-11-26-18(29)2/h7-9,11,13-14,21H,6,10,12,15-17H2,1-5H3,(H,25,27)(H,28,31). The maximum absolute atomic E-state index is 12.1. The van der Waals surface area contributed by atoms with Gasteiger partial charge in [-0.15, -0.1) is 0 Å². The molecular formula is C24H36N6O2. The number of carbonyl (C=O) groups excluding carboxylic acids is 1. The van der Waals surface area contributed by atoms with Crippen molar-refractivity contribution in [3.63, 3.8) is 0 Å². The van der Waals surface area contributed by atoms with Gasteiger partial charge in [0, 0.05) is 38.6 Å². The van der Waals surface area contributed by atoms with Crippen molar-refractivity contribution in [1.29, 1.82) is 0 Å². The van der Waals surface area contributed by atoms with Crippen LogP contribution in [0.4, 0.5) is 4.79 Å². The molecule has 2 heterocycles. The average molecular weight is 441 g/mol. The number of amides is 1. The third-order valence-corrected chi connectivity index (χ3v) is 5.22. The summed E-state index contributed by atoms with van der Waals surface area (Å²) in [5.41, 5.74) is 1.90. The van der Waals surface area contributed by atoms with Gasteiger partial charge < -0.3 is 24.8 Å². The topological polar surface area (TPSA) is 83.8 Å². The van der Waals surface area contributed by atoms with Crippen LogP contribution in [0.15, 0.2) is 41.7 Å². The van der Waals surface area contributed by atoms with Crippen LogP contribution < -0.4 is 10.6 Å². The number of likely N-dealkylation sites (tertiary alicyclic amines) is 1. The quantitative estimate of drug-likeness (QED) is 0.532. The molecule has 1 aromatic heterocycles. The van der Waals surface area contributed by atoms with Gasteiger partial charge in [-0.3, -0.25) is 0 Å². The third-order valence-electron chi connectivity index (χ3n) is 5.22. The lowest BCUT2D eigenvalue weighted by molar-refractivity contribution is 0.0507. The minimum absolute atomic E-state index is 0.0513. The first-order valence-electron chi connectivity index (χ1n) is 11.3. The number of aromatic nitrogens is 2. The van der Waals surface area contributed by atoms with Gasteiger partial charge in [0.2, 0.25) is 0 Å². The number of benzene rings is 1. The summed E-state index contributed by atoms with van der Waals surface area (Å²) in [5, 5.41) is 6.36. The van der Waals surface area contributed by atoms with E-state index in [-0.39, 0.29) is 12.1 Å². The maximum atomic E-state index is 12.1. The number of hydrogen-bond acceptors (Lipinski definition) is 4. The molecule has 1 atom stereocenters. The fourth-order valence-electron chi connectivity index (χ4n) is 3.73. The van der Waals surface area contributed by atoms with E-state index in [0.717, 1.165) is 37.8 Å². The average Bonchev–Trinajstić information content (AvgIpc) is 3.33. The molecule has 2 aromatic rings. The highest BCUT2D eigenvalue weighted by molar-refractivity contribution is 5.80. The van der Waals surface area contributed by atoms with E-state index in [9.17, 15) is 4.79 Å². The van der Waals surface area contributed by atoms with Crippen molar-refractivity contribution >= 4 is 12.1 Å². The van der Waals surface area contributed by atoms with Gasteiger partial charge in [0.25, 0.3) is 0 Å². The number of hydrogen-bond donors (Lipinski definition) is 2. The third kappa shape index (κ3) is 7.00. The zero-order chi connectivity index (χ0) is 23.1. The van der Waals surface area contributed by atoms with Crippen molar-refractivity contribution in [3.8, 4) is 0 Å². The molecule has 2 N–H and O–H groups in total. The van der Waals surface area contributed by atoms with Gasteiger partial charge in [0.15, 0.2) is 5.96 Å². The van der Waals surface area contributed by atoms with Crippen molar-refractivity contribution in [3.05, 3.63) is 53.6 Å². The predicted molar refractivity (Wildman–Crippen MR) is 127 cm³/mol. The van der Waals surface area contributed by atoms with Crippen LogP contribution in [-0.4, -0.2) is 57.8 Å². The minimum atomic E-state index is -0.496. The van der Waals surface area contributed by atoms with E-state index in [1.54, 1.807) is 0 Å². The van der Waals surface area contributed by atoms with Gasteiger partial charge in [0.1, 0.15) is 11.4 Å². The van der Waals surface area contributed by atoms with Crippen LogP contribution in [0.1, 0.15) is 51.1 Å². The second-order valence-corrected chi connectivity index (χ2v) is 9.17. The Morgan fingerprint density at radius 1 is 1.31 bits per heavy atom. The zero-order valence-corrected chi connectivity index (χ0v) is 19.9. The van der Waals surface area contributed by atoms with Gasteiger partial charge in [-0.1, -0.05) is 24.3 Å². The highest BCUT2D eigenvalue weighted by Crippen LogP contribution is 2.14. The molecule has 0 bridgehead atoms. The Morgan fingerprint density at radius 3 is 2.78 bits per heavy atom. The number of carbonyl (C=O) groups is 1. The van der Waals surface area contributed by atoms with E-state index in [4.69, 9.17) is 9.73 Å². The van der Waals surface area contributed by atoms with E-state index in [2.05, 4.69) is 56.3 Å². The van der Waals surface area contributed by atoms with Crippen LogP contribution >= 0.6 is 0 Å². The van der Waals surface area contributed by atoms with Gasteiger partial charge in [0.05, 0.1) is 12.6 Å². The normalized spacial score (nSPS) is 16.8. The second kappa shape index (κ2) is 10.5. The molecule has 1 aromatic carbocycles. The second-order valence-electron chi connectivity index (χ2n) is 9.17. The summed E-state index contributed by atoms with van der Waals surface area (Å²) >= 11 is 0. The van der Waals surface area contributed by atoms with Gasteiger partial charge >= 0.3 is 6.09 Å². The van der Waals surface area contributed by atoms with Crippen molar-refractivity contribution in [1.82, 2.24) is 25.1 Å². The highest BCUT2D eigenvalue weighted by atomic mass is 16.6. The van der Waals surface area contributed by atoms with Crippen molar-refractivity contribution in [2.45, 2.75) is 65.8 Å². The number of nitrogens with one attached hydrogen (secondary N) is 2. The Kier molecular flexibility index (Phi) is 7.77. The molecule has 8 nitrogen and oxygen atoms in total. The molecule has 0 spiro atoms. The first-order valence-corrected chi connectivity index (χ1v) is 11.3. The zero-order valence-electron chi connectivity index (χ0n) is 19.9. The summed E-state index contributed by atoms with van der Waals surface area (Å²) < 4.78 is 7.52. The summed E-state index contributed by atoms with van der Waals surface area (Å²) in [6.07, 6.45) is 4.32. The molecule has 3 rings (SSSR count). The molecule has 0 radical (unpaired) electrons. The highest BCUT2D eigenvalue weighted by Gasteiger charge is 2.27. The van der Waals surface area contributed by atoms with E-state index in [0.29, 0.717) is 13.1 Å². The van der Waals surface area contributed by atoms with Crippen LogP contribution in [0.2, 0.25) is 0 Å². The molecule has 1 saturated heterocycles. The largest absolute Gasteiger partial charge is 0.444 e. The van der Waals surface area contributed by atoms with Crippen LogP contribution in [-0.2, 0) is 17.8 Å². The van der Waals surface area contributed by atoms with E-state index < -0.39 is 5.60 Å². The SMILES string of the molecule is CCNC(=NCc1cccc(Cn2ccnc2C)c1)N1CCC(NC(=O)OC(C)(C)C)C1. The van der Waals surface area contributed by atoms with Crippen molar-refractivity contribution in [2.75, 3.05) is 19.6 Å². The van der Waals surface area contributed by atoms with Gasteiger partial charge in [-0.2, -0.15) is 0 Å². The number of nitrogens with zero attached hydrogens (tertiary/aromatic N) is 4. The number of aryl methyl sites for hydroxylation is 1. The Morgan fingerprint density at radius 2 is 2.09 bits per heavy atom. The number of imidazole rings is 1. The first kappa shape index (κ1) is 23.6. The number of ether oxygens (including phenoxy) is 1. The van der Waals surface area contributed by atoms with E-state index in [1.807, 2.05) is 40.1 Å². The lowest BCUT2D eigenvalue weighted by Gasteiger charge is -2.23. The molecule has 174 valence electrons. The maximum Gasteiger partial charge on any atom is 0.407 e. The molecule has 1 aliphatic heterocycles. The number of guanidine groups is 1. The summed E-state index contributed by atoms with van der Waals surface area (Å²) in [7, 11) is 0. The molecule has 1 unspecified atom stereocenters. The number of alkyl carbamates (subject to hydrolysis) is 1. The van der Waals surface area contributed by atoms with Gasteiger partial charge in [-0.25, -0.2) is 14.8 Å². The fourth-order valence-corrected chi connectivity index (χ4v) is 3.73. The molecular weight excluding hydrogens is 404 g/mol. The fraction of sp³-hybridized carbons (Fsp3) is 0.542. The molecule has 1 amide bonds. The van der Waals surface area contributed by atoms with Crippen LogP contribution in [0.25, 0.3) is 0 Å². The Hall–Kier alpha value is -3.03. The van der Waals surface area contributed by atoms with Crippen LogP contribution in [0.3, 0.4) is 0 Å². The first-order chi connectivity index (χ1) is 15.2. The molecule has 8 heteroatoms. The van der Waals surface area contributed by atoms with E-state index in [1.165, 1.54) is 11.1 Å². The molecule has 32 heavy (non-hydrogen) atoms. The smallest absolute Gasteiger partial charge is 0.407 e. The summed E-state index contributed by atoms with van der Waals surface area (Å²) in [5.74, 6) is 1.88. The molecule has 1 aliphatic rings. The molecule has 1 fully saturated rings. The van der Waals surface area contributed by atoms with Crippen molar-refractivity contribution in [2.24, 2.45) is 4.99 Å². The summed E-state index contributed by atoms with van der Waals surface area (Å²) in [6.45, 7) is 13.4. The molecule has 0 aliphatic carbocycles. The van der Waals surface area contributed by atoms with Crippen LogP contribution in [0.5, 0.6) is 0 Å². The van der Waals surface area contributed by atoms with Crippen LogP contribution in [0, 0.1) is 6.92 Å². The van der Waals surface area contributed by atoms with Crippen molar-refractivity contribution < 1.29 is 9.53 Å². The Bertz CT molecular complexity index is 931. The predicted octanol–water partition coefficient (Wildman–Crippen LogP) is 3.30. The lowest BCUT2D eigenvalue weighted by Crippen LogP contribution is -2.44. The number of aliphatic imine (C=N–C) groups is 1. The van der Waals surface area contributed by atoms with E-state index >= 15 is 0 Å². The summed E-state index contributed by atoms with van der Waals surface area (Å²) in [4.78, 5) is 23.4. The number of rotatable bonds is 6. The minimum Gasteiger partial charge on any atom is -0.444 e. The molecule has 0 saturated carbocycles. The summed E-state index contributed by atoms with van der Waals surface area (Å²) in [6, 6.07) is 8.56. The Balaban J connectivity index is 1.60. The Labute approximate surface area is 191 Å². The van der Waals surface area contributed by atoms with Gasteiger partial charge in [-0.05, 0) is 52.2 Å². The monoisotopic (exact) mass is 440 g/mol.